The first-order chi connectivity index (χ1) is 14.3. The Kier molecular flexibility index (Phi) is 7.01. The third-order valence-electron chi connectivity index (χ3n) is 4.37. The molecule has 0 bridgehead atoms. The van der Waals surface area contributed by atoms with Gasteiger partial charge in [0.1, 0.15) is 5.69 Å². The summed E-state index contributed by atoms with van der Waals surface area (Å²) in [4.78, 5) is 16.0. The Morgan fingerprint density at radius 1 is 1.07 bits per heavy atom. The number of benzene rings is 2. The van der Waals surface area contributed by atoms with E-state index in [0.29, 0.717) is 24.2 Å². The van der Waals surface area contributed by atoms with Gasteiger partial charge < -0.3 is 26.4 Å². The van der Waals surface area contributed by atoms with Gasteiger partial charge in [-0.1, -0.05) is 53.8 Å². The Labute approximate surface area is 178 Å². The number of hydrogen-bond acceptors (Lipinski definition) is 8. The number of thiazole rings is 1. The van der Waals surface area contributed by atoms with Crippen LogP contribution < -0.4 is 16.4 Å². The number of aromatic nitrogens is 1. The number of carbonyl (C=O) groups excluding carboxylic acids is 1. The molecule has 2 aromatic carbocycles. The number of aliphatic hydroxyl groups is 2. The molecule has 0 spiro atoms. The normalized spacial score (nSPS) is 11.4. The zero-order chi connectivity index (χ0) is 21.6. The summed E-state index contributed by atoms with van der Waals surface area (Å²) in [5, 5.41) is 35.6. The van der Waals surface area contributed by atoms with Gasteiger partial charge in [0.25, 0.3) is 0 Å². The van der Waals surface area contributed by atoms with Crippen LogP contribution in [0.25, 0.3) is 0 Å². The molecule has 0 saturated heterocycles. The van der Waals surface area contributed by atoms with Crippen LogP contribution in [0.2, 0.25) is 0 Å². The number of nitrogens with two attached hydrogens (primary N) is 1. The first-order valence-electron chi connectivity index (χ1n) is 9.37. The van der Waals surface area contributed by atoms with Gasteiger partial charge in [-0.2, -0.15) is 0 Å². The standard InChI is InChI=1S/C21H24N4O4S/c22-20-25-17(19(27)30-20)12-18(26)24-16-8-6-15(7-9-16)13-21(28,29)23-11-10-14-4-2-1-3-5-14/h1-9,23,27-29H,10-13H2,(H2,22,25)(H,24,26). The minimum absolute atomic E-state index is 0.0119. The van der Waals surface area contributed by atoms with Crippen LogP contribution in [-0.2, 0) is 24.1 Å². The predicted octanol–water partition coefficient (Wildman–Crippen LogP) is 1.63. The molecule has 0 saturated carbocycles. The van der Waals surface area contributed by atoms with Crippen molar-refractivity contribution in [2.24, 2.45) is 0 Å². The highest BCUT2D eigenvalue weighted by Gasteiger charge is 2.22. The molecule has 0 unspecified atom stereocenters. The van der Waals surface area contributed by atoms with Crippen molar-refractivity contribution in [3.63, 3.8) is 0 Å². The van der Waals surface area contributed by atoms with E-state index >= 15 is 0 Å². The number of amides is 1. The number of nitrogens with one attached hydrogen (secondary N) is 2. The Bertz CT molecular complexity index is 974. The van der Waals surface area contributed by atoms with Gasteiger partial charge in [-0.25, -0.2) is 4.98 Å². The molecule has 0 aliphatic rings. The van der Waals surface area contributed by atoms with Crippen LogP contribution in [0.4, 0.5) is 10.8 Å². The van der Waals surface area contributed by atoms with Gasteiger partial charge >= 0.3 is 0 Å². The predicted molar refractivity (Wildman–Crippen MR) is 116 cm³/mol. The average Bonchev–Trinajstić information content (AvgIpc) is 3.00. The number of carbonyl (C=O) groups is 1. The second-order valence-electron chi connectivity index (χ2n) is 6.88. The molecule has 7 N–H and O–H groups in total. The van der Waals surface area contributed by atoms with Crippen molar-refractivity contribution in [2.45, 2.75) is 25.2 Å². The van der Waals surface area contributed by atoms with E-state index in [9.17, 15) is 20.1 Å². The summed E-state index contributed by atoms with van der Waals surface area (Å²) in [7, 11) is 0. The van der Waals surface area contributed by atoms with Gasteiger partial charge in [0, 0.05) is 18.7 Å². The Morgan fingerprint density at radius 2 is 1.77 bits per heavy atom. The smallest absolute Gasteiger partial charge is 0.230 e. The van der Waals surface area contributed by atoms with Crippen molar-refractivity contribution >= 4 is 28.1 Å². The van der Waals surface area contributed by atoms with E-state index in [2.05, 4.69) is 15.6 Å². The molecule has 8 nitrogen and oxygen atoms in total. The van der Waals surface area contributed by atoms with Crippen LogP contribution >= 0.6 is 11.3 Å². The van der Waals surface area contributed by atoms with E-state index in [1.165, 1.54) is 0 Å². The van der Waals surface area contributed by atoms with Crippen molar-refractivity contribution < 1.29 is 20.1 Å². The molecule has 0 fully saturated rings. The van der Waals surface area contributed by atoms with Crippen molar-refractivity contribution in [3.05, 3.63) is 71.4 Å². The second-order valence-corrected chi connectivity index (χ2v) is 7.89. The van der Waals surface area contributed by atoms with Gasteiger partial charge in [0.05, 0.1) is 6.42 Å². The maximum Gasteiger partial charge on any atom is 0.230 e. The van der Waals surface area contributed by atoms with Gasteiger partial charge in [0.15, 0.2) is 10.2 Å². The van der Waals surface area contributed by atoms with Crippen LogP contribution in [0.1, 0.15) is 16.8 Å². The van der Waals surface area contributed by atoms with Crippen LogP contribution in [0.5, 0.6) is 5.06 Å². The van der Waals surface area contributed by atoms with Crippen molar-refractivity contribution in [1.82, 2.24) is 10.3 Å². The Balaban J connectivity index is 1.48. The van der Waals surface area contributed by atoms with Crippen molar-refractivity contribution in [1.29, 1.82) is 0 Å². The largest absolute Gasteiger partial charge is 0.498 e. The molecular formula is C21H24N4O4S. The molecule has 0 radical (unpaired) electrons. The molecule has 1 heterocycles. The number of nitrogens with zero attached hydrogens (tertiary/aromatic N) is 1. The van der Waals surface area contributed by atoms with Crippen LogP contribution in [-0.4, -0.2) is 38.7 Å². The lowest BCUT2D eigenvalue weighted by Gasteiger charge is -2.23. The number of rotatable bonds is 9. The van der Waals surface area contributed by atoms with E-state index < -0.39 is 5.91 Å². The van der Waals surface area contributed by atoms with Gasteiger partial charge in [-0.05, 0) is 29.7 Å². The molecule has 158 valence electrons. The molecule has 1 aromatic heterocycles. The Hall–Kier alpha value is -2.98. The van der Waals surface area contributed by atoms with Gasteiger partial charge in [-0.15, -0.1) is 0 Å². The first-order valence-corrected chi connectivity index (χ1v) is 10.2. The minimum atomic E-state index is -2.04. The van der Waals surface area contributed by atoms with E-state index in [1.54, 1.807) is 24.3 Å². The zero-order valence-electron chi connectivity index (χ0n) is 16.2. The molecule has 0 aliphatic carbocycles. The summed E-state index contributed by atoms with van der Waals surface area (Å²) in [5.74, 6) is -2.38. The molecule has 0 atom stereocenters. The first kappa shape index (κ1) is 21.7. The molecule has 3 rings (SSSR count). The van der Waals surface area contributed by atoms with Crippen LogP contribution in [0, 0.1) is 0 Å². The van der Waals surface area contributed by atoms with E-state index in [0.717, 1.165) is 16.9 Å². The average molecular weight is 429 g/mol. The fourth-order valence-corrected chi connectivity index (χ4v) is 3.53. The molecule has 1 amide bonds. The van der Waals surface area contributed by atoms with Crippen LogP contribution in [0.3, 0.4) is 0 Å². The lowest BCUT2D eigenvalue weighted by Crippen LogP contribution is -2.47. The summed E-state index contributed by atoms with van der Waals surface area (Å²) in [6.07, 6.45) is 0.569. The molecule has 0 aliphatic heterocycles. The van der Waals surface area contributed by atoms with E-state index in [4.69, 9.17) is 5.73 Å². The van der Waals surface area contributed by atoms with Crippen molar-refractivity contribution in [2.75, 3.05) is 17.6 Å². The highest BCUT2D eigenvalue weighted by atomic mass is 32.1. The van der Waals surface area contributed by atoms with Gasteiger partial charge in [0.2, 0.25) is 11.8 Å². The fraction of sp³-hybridized carbons (Fsp3) is 0.238. The van der Waals surface area contributed by atoms with Crippen molar-refractivity contribution in [3.8, 4) is 5.06 Å². The SMILES string of the molecule is Nc1nc(CC(=O)Nc2ccc(CC(O)(O)NCCc3ccccc3)cc2)c(O)s1. The Morgan fingerprint density at radius 3 is 2.40 bits per heavy atom. The van der Waals surface area contributed by atoms with Gasteiger partial charge in [-0.3, -0.25) is 10.1 Å². The topological polar surface area (TPSA) is 141 Å². The maximum absolute atomic E-state index is 12.1. The quantitative estimate of drug-likeness (QED) is 0.285. The second kappa shape index (κ2) is 9.68. The summed E-state index contributed by atoms with van der Waals surface area (Å²) < 4.78 is 0. The fourth-order valence-electron chi connectivity index (χ4n) is 2.94. The third-order valence-corrected chi connectivity index (χ3v) is 5.10. The number of nitrogen functional groups attached to an aromatic ring is 1. The third kappa shape index (κ3) is 6.53. The summed E-state index contributed by atoms with van der Waals surface area (Å²) in [5.41, 5.74) is 8.08. The highest BCUT2D eigenvalue weighted by molar-refractivity contribution is 7.17. The minimum Gasteiger partial charge on any atom is -0.498 e. The number of hydrogen-bond donors (Lipinski definition) is 6. The molecule has 30 heavy (non-hydrogen) atoms. The maximum atomic E-state index is 12.1. The number of aromatic hydroxyl groups is 1. The summed E-state index contributed by atoms with van der Waals surface area (Å²) >= 11 is 0.918. The monoisotopic (exact) mass is 428 g/mol. The van der Waals surface area contributed by atoms with Crippen LogP contribution in [0.15, 0.2) is 54.6 Å². The summed E-state index contributed by atoms with van der Waals surface area (Å²) in [6.45, 7) is 0.416. The molecular weight excluding hydrogens is 404 g/mol. The zero-order valence-corrected chi connectivity index (χ0v) is 17.0. The number of anilines is 2. The van der Waals surface area contributed by atoms with E-state index in [-0.39, 0.29) is 34.6 Å². The summed E-state index contributed by atoms with van der Waals surface area (Å²) in [6, 6.07) is 16.5. The lowest BCUT2D eigenvalue weighted by atomic mass is 10.1. The molecule has 3 aromatic rings. The highest BCUT2D eigenvalue weighted by Crippen LogP contribution is 2.27. The lowest BCUT2D eigenvalue weighted by molar-refractivity contribution is -0.183. The van der Waals surface area contributed by atoms with E-state index in [1.807, 2.05) is 30.3 Å². The molecule has 9 heteroatoms.